The molecule has 1 aromatic rings. The number of hydrazine groups is 1. The second-order valence-electron chi connectivity index (χ2n) is 5.85. The van der Waals surface area contributed by atoms with Crippen LogP contribution in [-0.2, 0) is 6.42 Å². The minimum absolute atomic E-state index is 0.0155. The monoisotopic (exact) mass is 298 g/mol. The number of nitrogens with two attached hydrogens (primary N) is 1. The molecule has 0 saturated heterocycles. The Labute approximate surface area is 124 Å². The van der Waals surface area contributed by atoms with Crippen LogP contribution in [0.1, 0.15) is 37.7 Å². The topological polar surface area (TPSA) is 47.3 Å². The van der Waals surface area contributed by atoms with Gasteiger partial charge in [-0.15, -0.1) is 0 Å². The van der Waals surface area contributed by atoms with E-state index in [2.05, 4.69) is 5.43 Å². The van der Waals surface area contributed by atoms with Crippen molar-refractivity contribution in [1.29, 1.82) is 0 Å². The number of hydrogen-bond acceptors (Lipinski definition) is 3. The first-order valence-electron chi connectivity index (χ1n) is 7.51. The predicted octanol–water partition coefficient (Wildman–Crippen LogP) is 3.29. The van der Waals surface area contributed by atoms with Gasteiger partial charge in [-0.2, -0.15) is 0 Å². The highest BCUT2D eigenvalue weighted by Crippen LogP contribution is 2.38. The maximum absolute atomic E-state index is 13.2. The molecule has 0 aromatic heterocycles. The van der Waals surface area contributed by atoms with Gasteiger partial charge in [0.2, 0.25) is 5.92 Å². The molecule has 21 heavy (non-hydrogen) atoms. The Hall–Kier alpha value is -1.20. The fraction of sp³-hybridized carbons (Fsp3) is 0.625. The minimum atomic E-state index is -2.48. The summed E-state index contributed by atoms with van der Waals surface area (Å²) in [6.45, 7) is 0. The second-order valence-corrected chi connectivity index (χ2v) is 5.85. The van der Waals surface area contributed by atoms with Crippen LogP contribution >= 0.6 is 0 Å². The molecular formula is C16H24F2N2O. The van der Waals surface area contributed by atoms with Crippen LogP contribution in [0, 0.1) is 5.92 Å². The summed E-state index contributed by atoms with van der Waals surface area (Å²) in [4.78, 5) is 0. The summed E-state index contributed by atoms with van der Waals surface area (Å²) in [5.74, 6) is 4.22. The zero-order valence-corrected chi connectivity index (χ0v) is 12.4. The lowest BCUT2D eigenvalue weighted by molar-refractivity contribution is -0.0498. The highest BCUT2D eigenvalue weighted by molar-refractivity contribution is 5.27. The number of hydrogen-bond donors (Lipinski definition) is 2. The molecule has 1 aromatic carbocycles. The van der Waals surface area contributed by atoms with Gasteiger partial charge in [-0.05, 0) is 49.3 Å². The summed E-state index contributed by atoms with van der Waals surface area (Å²) >= 11 is 0. The average molecular weight is 298 g/mol. The van der Waals surface area contributed by atoms with Crippen LogP contribution in [0.15, 0.2) is 24.3 Å². The third-order valence-electron chi connectivity index (χ3n) is 4.45. The summed E-state index contributed by atoms with van der Waals surface area (Å²) < 4.78 is 31.5. The van der Waals surface area contributed by atoms with Gasteiger partial charge in [-0.25, -0.2) is 8.78 Å². The number of methoxy groups -OCH3 is 1. The Kier molecular flexibility index (Phi) is 5.53. The van der Waals surface area contributed by atoms with Gasteiger partial charge in [0.05, 0.1) is 7.11 Å². The lowest BCUT2D eigenvalue weighted by Gasteiger charge is -2.33. The van der Waals surface area contributed by atoms with Gasteiger partial charge < -0.3 is 4.74 Å². The maximum Gasteiger partial charge on any atom is 0.248 e. The number of benzene rings is 1. The van der Waals surface area contributed by atoms with Crippen LogP contribution in [0.3, 0.4) is 0 Å². The molecule has 3 nitrogen and oxygen atoms in total. The third-order valence-corrected chi connectivity index (χ3v) is 4.45. The van der Waals surface area contributed by atoms with Crippen LogP contribution in [0.4, 0.5) is 8.78 Å². The number of halogens is 2. The molecule has 1 fully saturated rings. The van der Waals surface area contributed by atoms with Crippen LogP contribution in [0.25, 0.3) is 0 Å². The quantitative estimate of drug-likeness (QED) is 0.626. The van der Waals surface area contributed by atoms with Crippen LogP contribution in [0.2, 0.25) is 0 Å². The maximum atomic E-state index is 13.2. The Morgan fingerprint density at radius 2 is 1.90 bits per heavy atom. The van der Waals surface area contributed by atoms with Crippen molar-refractivity contribution in [2.45, 2.75) is 50.5 Å². The lowest BCUT2D eigenvalue weighted by atomic mass is 9.80. The van der Waals surface area contributed by atoms with E-state index in [0.717, 1.165) is 18.6 Å². The standard InChI is InChI=1S/C16H24F2N2O/c1-21-14-5-2-12(3-6-14)4-7-15(20-19)13-8-10-16(17,18)11-9-13/h2-3,5-6,13,15,20H,4,7-11,19H2,1H3. The van der Waals surface area contributed by atoms with Crippen molar-refractivity contribution in [3.63, 3.8) is 0 Å². The zero-order valence-electron chi connectivity index (χ0n) is 12.4. The van der Waals surface area contributed by atoms with Crippen molar-refractivity contribution in [3.8, 4) is 5.75 Å². The Bertz CT molecular complexity index is 426. The van der Waals surface area contributed by atoms with Gasteiger partial charge in [-0.1, -0.05) is 12.1 Å². The lowest BCUT2D eigenvalue weighted by Crippen LogP contribution is -2.43. The van der Waals surface area contributed by atoms with Gasteiger partial charge in [0.25, 0.3) is 0 Å². The van der Waals surface area contributed by atoms with Gasteiger partial charge in [0.15, 0.2) is 0 Å². The summed E-state index contributed by atoms with van der Waals surface area (Å²) in [5.41, 5.74) is 4.03. The van der Waals surface area contributed by atoms with E-state index in [9.17, 15) is 8.78 Å². The van der Waals surface area contributed by atoms with Crippen molar-refractivity contribution in [3.05, 3.63) is 29.8 Å². The number of nitrogens with one attached hydrogen (secondary N) is 1. The molecule has 5 heteroatoms. The molecule has 1 aliphatic carbocycles. The van der Waals surface area contributed by atoms with E-state index in [4.69, 9.17) is 10.6 Å². The molecule has 0 radical (unpaired) electrons. The Balaban J connectivity index is 1.84. The molecule has 0 amide bonds. The van der Waals surface area contributed by atoms with E-state index in [-0.39, 0.29) is 24.8 Å². The number of aryl methyl sites for hydroxylation is 1. The predicted molar refractivity (Wildman–Crippen MR) is 79.3 cm³/mol. The third kappa shape index (κ3) is 4.64. The minimum Gasteiger partial charge on any atom is -0.497 e. The molecular weight excluding hydrogens is 274 g/mol. The summed E-state index contributed by atoms with van der Waals surface area (Å²) in [6.07, 6.45) is 2.80. The number of ether oxygens (including phenoxy) is 1. The SMILES string of the molecule is COc1ccc(CCC(NN)C2CCC(F)(F)CC2)cc1. The van der Waals surface area contributed by atoms with Gasteiger partial charge >= 0.3 is 0 Å². The molecule has 118 valence electrons. The molecule has 0 heterocycles. The van der Waals surface area contributed by atoms with E-state index in [1.54, 1.807) is 7.11 Å². The Morgan fingerprint density at radius 3 is 2.43 bits per heavy atom. The van der Waals surface area contributed by atoms with Crippen molar-refractivity contribution >= 4 is 0 Å². The second kappa shape index (κ2) is 7.18. The molecule has 1 unspecified atom stereocenters. The van der Waals surface area contributed by atoms with Crippen molar-refractivity contribution in [2.75, 3.05) is 7.11 Å². The Morgan fingerprint density at radius 1 is 1.29 bits per heavy atom. The molecule has 1 saturated carbocycles. The molecule has 0 bridgehead atoms. The fourth-order valence-corrected chi connectivity index (χ4v) is 3.03. The summed E-state index contributed by atoms with van der Waals surface area (Å²) in [7, 11) is 1.64. The van der Waals surface area contributed by atoms with Crippen molar-refractivity contribution in [1.82, 2.24) is 5.43 Å². The van der Waals surface area contributed by atoms with E-state index in [0.29, 0.717) is 12.8 Å². The first kappa shape index (κ1) is 16.2. The molecule has 3 N–H and O–H groups in total. The summed E-state index contributed by atoms with van der Waals surface area (Å²) in [5, 5.41) is 0. The number of rotatable bonds is 6. The number of alkyl halides is 2. The summed E-state index contributed by atoms with van der Waals surface area (Å²) in [6, 6.07) is 8.02. The van der Waals surface area contributed by atoms with E-state index in [1.807, 2.05) is 24.3 Å². The van der Waals surface area contributed by atoms with Crippen LogP contribution in [0.5, 0.6) is 5.75 Å². The van der Waals surface area contributed by atoms with E-state index >= 15 is 0 Å². The molecule has 0 aliphatic heterocycles. The van der Waals surface area contributed by atoms with Crippen molar-refractivity contribution < 1.29 is 13.5 Å². The van der Waals surface area contributed by atoms with Crippen molar-refractivity contribution in [2.24, 2.45) is 11.8 Å². The average Bonchev–Trinajstić information content (AvgIpc) is 2.49. The van der Waals surface area contributed by atoms with Crippen LogP contribution < -0.4 is 16.0 Å². The normalized spacial score (nSPS) is 20.2. The fourth-order valence-electron chi connectivity index (χ4n) is 3.03. The van der Waals surface area contributed by atoms with Gasteiger partial charge in [-0.3, -0.25) is 11.3 Å². The molecule has 0 spiro atoms. The van der Waals surface area contributed by atoms with E-state index in [1.165, 1.54) is 5.56 Å². The highest BCUT2D eigenvalue weighted by Gasteiger charge is 2.37. The van der Waals surface area contributed by atoms with Gasteiger partial charge in [0, 0.05) is 18.9 Å². The first-order valence-corrected chi connectivity index (χ1v) is 7.51. The van der Waals surface area contributed by atoms with Gasteiger partial charge in [0.1, 0.15) is 5.75 Å². The van der Waals surface area contributed by atoms with E-state index < -0.39 is 5.92 Å². The smallest absolute Gasteiger partial charge is 0.248 e. The first-order chi connectivity index (χ1) is 10.0. The highest BCUT2D eigenvalue weighted by atomic mass is 19.3. The van der Waals surface area contributed by atoms with Crippen LogP contribution in [-0.4, -0.2) is 19.1 Å². The largest absolute Gasteiger partial charge is 0.497 e. The molecule has 1 aliphatic rings. The zero-order chi connectivity index (χ0) is 15.3. The molecule has 2 rings (SSSR count). The molecule has 1 atom stereocenters.